The molecule has 7 nitrogen and oxygen atoms in total. The number of rotatable bonds is 9. The third-order valence-electron chi connectivity index (χ3n) is 13.4. The van der Waals surface area contributed by atoms with Crippen LogP contribution in [-0.4, -0.2) is 42.9 Å². The van der Waals surface area contributed by atoms with Gasteiger partial charge in [0.2, 0.25) is 0 Å². The van der Waals surface area contributed by atoms with E-state index in [-0.39, 0.29) is 35.6 Å². The Kier molecular flexibility index (Phi) is 14.9. The summed E-state index contributed by atoms with van der Waals surface area (Å²) in [5, 5.41) is 4.92. The molecule has 0 radical (unpaired) electrons. The number of hydrogen-bond acceptors (Lipinski definition) is 7. The molecule has 8 aromatic carbocycles. The Hall–Kier alpha value is -5.71. The summed E-state index contributed by atoms with van der Waals surface area (Å²) in [6, 6.07) is 67.8. The van der Waals surface area contributed by atoms with E-state index < -0.39 is 7.32 Å². The second-order valence-electron chi connectivity index (χ2n) is 19.7. The number of halogens is 1. The molecule has 2 aliphatic heterocycles. The van der Waals surface area contributed by atoms with E-state index in [1.54, 1.807) is 0 Å². The second-order valence-corrected chi connectivity index (χ2v) is 20.6. The van der Waals surface area contributed by atoms with Crippen LogP contribution in [0.1, 0.15) is 69.2 Å². The van der Waals surface area contributed by atoms with Crippen LogP contribution in [-0.2, 0) is 23.3 Å². The van der Waals surface area contributed by atoms with Crippen LogP contribution in [0.4, 0.5) is 34.1 Å². The highest BCUT2D eigenvalue weighted by atomic mass is 79.9. The standard InChI is InChI=1S/C28H28BNO2.C22H16BrN.C9H19BO3/c1-27(2)28(3,4)32-29(31-27)22-17-19-24(20-18-22)30(23-13-6-5-7-14-23)26-16-10-12-21-11-8-9-15-25(21)26;23-18-13-15-20(16-14-18)24(19-9-2-1-3-10-19)22-12-6-8-17-7-4-5-11-21(17)22;1-7(2)11-10-12-8(3,4)9(5,6)13-10/h5-20H,1-4H3;1-16H;7H,1-6H3. The predicted molar refractivity (Wildman–Crippen MR) is 293 cm³/mol. The van der Waals surface area contributed by atoms with Gasteiger partial charge in [0.25, 0.3) is 0 Å². The van der Waals surface area contributed by atoms with Gasteiger partial charge in [0.15, 0.2) is 0 Å². The van der Waals surface area contributed by atoms with Crippen molar-refractivity contribution in [2.75, 3.05) is 9.80 Å². The zero-order valence-electron chi connectivity index (χ0n) is 41.5. The molecule has 69 heavy (non-hydrogen) atoms. The maximum Gasteiger partial charge on any atom is 0.640 e. The third-order valence-corrected chi connectivity index (χ3v) is 13.9. The van der Waals surface area contributed by atoms with Gasteiger partial charge >= 0.3 is 14.4 Å². The van der Waals surface area contributed by atoms with E-state index in [1.165, 1.54) is 27.2 Å². The number of fused-ring (bicyclic) bond motifs is 2. The zero-order chi connectivity index (χ0) is 49.0. The summed E-state index contributed by atoms with van der Waals surface area (Å²) in [6.45, 7) is 20.3. The first-order chi connectivity index (χ1) is 32.9. The molecule has 2 aliphatic rings. The van der Waals surface area contributed by atoms with Gasteiger partial charge in [-0.1, -0.05) is 137 Å². The minimum absolute atomic E-state index is 0.120. The molecule has 0 aliphatic carbocycles. The Bertz CT molecular complexity index is 2910. The smallest absolute Gasteiger partial charge is 0.399 e. The molecule has 10 heteroatoms. The minimum Gasteiger partial charge on any atom is -0.399 e. The predicted octanol–water partition coefficient (Wildman–Crippen LogP) is 15.7. The number of anilines is 6. The first-order valence-corrected chi connectivity index (χ1v) is 24.6. The Morgan fingerprint density at radius 2 is 0.754 bits per heavy atom. The number of para-hydroxylation sites is 2. The van der Waals surface area contributed by atoms with E-state index in [0.29, 0.717) is 0 Å². The fraction of sp³-hybridized carbons (Fsp3) is 0.254. The lowest BCUT2D eigenvalue weighted by molar-refractivity contribution is 0.00578. The average Bonchev–Trinajstić information content (AvgIpc) is 3.69. The molecule has 2 saturated heterocycles. The largest absolute Gasteiger partial charge is 0.640 e. The molecule has 2 fully saturated rings. The zero-order valence-corrected chi connectivity index (χ0v) is 43.1. The molecule has 2 heterocycles. The lowest BCUT2D eigenvalue weighted by atomic mass is 9.79. The van der Waals surface area contributed by atoms with Crippen molar-refractivity contribution in [1.82, 2.24) is 0 Å². The SMILES string of the molecule is Brc1ccc(N(c2ccccc2)c2cccc3ccccc23)cc1.CC(C)OB1OC(C)(C)C(C)(C)O1.CC1(C)OB(c2ccc(N(c3ccccc3)c3cccc4ccccc34)cc2)OC1(C)C. The van der Waals surface area contributed by atoms with Crippen molar-refractivity contribution in [2.24, 2.45) is 0 Å². The van der Waals surface area contributed by atoms with Gasteiger partial charge in [-0.05, 0) is 158 Å². The normalized spacial score (nSPS) is 16.4. The van der Waals surface area contributed by atoms with Crippen molar-refractivity contribution in [3.63, 3.8) is 0 Å². The lowest BCUT2D eigenvalue weighted by Gasteiger charge is -2.32. The molecular formula is C59H63B2BrN2O5. The number of nitrogens with zero attached hydrogens (tertiary/aromatic N) is 2. The lowest BCUT2D eigenvalue weighted by Crippen LogP contribution is -2.41. The van der Waals surface area contributed by atoms with Crippen LogP contribution in [0.5, 0.6) is 0 Å². The van der Waals surface area contributed by atoms with Gasteiger partial charge in [0.05, 0.1) is 33.8 Å². The summed E-state index contributed by atoms with van der Waals surface area (Å²) < 4.78 is 30.3. The van der Waals surface area contributed by atoms with Gasteiger partial charge in [-0.25, -0.2) is 0 Å². The van der Waals surface area contributed by atoms with E-state index in [1.807, 2.05) is 53.7 Å². The Morgan fingerprint density at radius 1 is 0.406 bits per heavy atom. The van der Waals surface area contributed by atoms with Crippen molar-refractivity contribution in [2.45, 2.75) is 97.7 Å². The van der Waals surface area contributed by atoms with Gasteiger partial charge in [0.1, 0.15) is 0 Å². The second kappa shape index (κ2) is 20.7. The molecule has 0 N–H and O–H groups in total. The van der Waals surface area contributed by atoms with Crippen LogP contribution < -0.4 is 15.3 Å². The summed E-state index contributed by atoms with van der Waals surface area (Å²) in [7, 11) is -0.887. The first kappa shape index (κ1) is 49.7. The van der Waals surface area contributed by atoms with Crippen LogP contribution >= 0.6 is 15.9 Å². The van der Waals surface area contributed by atoms with Crippen LogP contribution in [0.2, 0.25) is 0 Å². The maximum atomic E-state index is 6.24. The molecule has 352 valence electrons. The van der Waals surface area contributed by atoms with Gasteiger partial charge in [-0.3, -0.25) is 0 Å². The molecule has 0 aromatic heterocycles. The van der Waals surface area contributed by atoms with E-state index in [2.05, 4.69) is 235 Å². The van der Waals surface area contributed by atoms with Gasteiger partial charge in [-0.2, -0.15) is 0 Å². The fourth-order valence-corrected chi connectivity index (χ4v) is 8.50. The Labute approximate surface area is 418 Å². The molecule has 0 unspecified atom stereocenters. The summed E-state index contributed by atoms with van der Waals surface area (Å²) in [5.41, 5.74) is 6.55. The van der Waals surface area contributed by atoms with Gasteiger partial charge in [-0.15, -0.1) is 0 Å². The van der Waals surface area contributed by atoms with Crippen molar-refractivity contribution < 1.29 is 23.3 Å². The van der Waals surface area contributed by atoms with Crippen LogP contribution in [0.25, 0.3) is 21.5 Å². The van der Waals surface area contributed by atoms with Crippen molar-refractivity contribution >= 4 is 91.5 Å². The molecule has 0 atom stereocenters. The summed E-state index contributed by atoms with van der Waals surface area (Å²) in [5.74, 6) is 0. The third kappa shape index (κ3) is 11.2. The van der Waals surface area contributed by atoms with Crippen molar-refractivity contribution in [1.29, 1.82) is 0 Å². The van der Waals surface area contributed by atoms with Crippen LogP contribution in [0.3, 0.4) is 0 Å². The van der Waals surface area contributed by atoms with E-state index in [0.717, 1.165) is 38.4 Å². The molecule has 10 rings (SSSR count). The molecule has 0 saturated carbocycles. The highest BCUT2D eigenvalue weighted by Crippen LogP contribution is 2.42. The molecule has 0 amide bonds. The summed E-state index contributed by atoms with van der Waals surface area (Å²) >= 11 is 3.53. The van der Waals surface area contributed by atoms with Crippen LogP contribution in [0.15, 0.2) is 199 Å². The van der Waals surface area contributed by atoms with Gasteiger partial charge < -0.3 is 33.1 Å². The minimum atomic E-state index is -0.523. The summed E-state index contributed by atoms with van der Waals surface area (Å²) in [6.07, 6.45) is 0.120. The quantitative estimate of drug-likeness (QED) is 0.134. The monoisotopic (exact) mass is 980 g/mol. The van der Waals surface area contributed by atoms with Crippen molar-refractivity contribution in [3.8, 4) is 0 Å². The number of benzene rings is 8. The molecule has 0 spiro atoms. The highest BCUT2D eigenvalue weighted by Gasteiger charge is 2.53. The Morgan fingerprint density at radius 3 is 1.17 bits per heavy atom. The number of hydrogen-bond donors (Lipinski definition) is 0. The Balaban J connectivity index is 0.000000152. The average molecular weight is 982 g/mol. The topological polar surface area (TPSA) is 52.6 Å². The van der Waals surface area contributed by atoms with Crippen LogP contribution in [0, 0.1) is 0 Å². The van der Waals surface area contributed by atoms with Gasteiger partial charge in [0, 0.05) is 44.1 Å². The molecule has 0 bridgehead atoms. The maximum absolute atomic E-state index is 6.24. The first-order valence-electron chi connectivity index (χ1n) is 23.8. The fourth-order valence-electron chi connectivity index (χ4n) is 8.23. The van der Waals surface area contributed by atoms with Crippen molar-refractivity contribution in [3.05, 3.63) is 199 Å². The van der Waals surface area contributed by atoms with E-state index >= 15 is 0 Å². The van der Waals surface area contributed by atoms with E-state index in [4.69, 9.17) is 23.3 Å². The molecular weight excluding hydrogens is 918 g/mol. The molecule has 8 aromatic rings. The highest BCUT2D eigenvalue weighted by molar-refractivity contribution is 9.10. The van der Waals surface area contributed by atoms with E-state index in [9.17, 15) is 0 Å². The summed E-state index contributed by atoms with van der Waals surface area (Å²) in [4.78, 5) is 4.60.